The first kappa shape index (κ1) is 16.6. The quantitative estimate of drug-likeness (QED) is 0.653. The summed E-state index contributed by atoms with van der Waals surface area (Å²) in [5.41, 5.74) is 2.11. The van der Waals surface area contributed by atoms with Crippen LogP contribution in [0.15, 0.2) is 52.9 Å². The summed E-state index contributed by atoms with van der Waals surface area (Å²) in [6, 6.07) is 11.9. The highest BCUT2D eigenvalue weighted by atomic mass is 32.2. The first-order chi connectivity index (χ1) is 11.5. The number of benzene rings is 2. The molecule has 0 saturated heterocycles. The lowest BCUT2D eigenvalue weighted by Crippen LogP contribution is -1.96. The second kappa shape index (κ2) is 7.11. The summed E-state index contributed by atoms with van der Waals surface area (Å²) in [4.78, 5) is 16.0. The standard InChI is InChI=1S/C17H11F2NO2S2/c18-12-5-1-10(2-6-12)15-16(11-3-7-13(19)8-4-11)24-17(20-15)23-9-14(21)22/h1-8H,9H2,(H,21,22). The molecule has 0 unspecified atom stereocenters. The van der Waals surface area contributed by atoms with Crippen LogP contribution in [0.2, 0.25) is 0 Å². The van der Waals surface area contributed by atoms with Gasteiger partial charge in [0.05, 0.1) is 16.3 Å². The Kier molecular flexibility index (Phi) is 4.92. The molecule has 0 aliphatic carbocycles. The fourth-order valence-corrected chi connectivity index (χ4v) is 3.98. The van der Waals surface area contributed by atoms with E-state index in [9.17, 15) is 13.6 Å². The largest absolute Gasteiger partial charge is 0.481 e. The molecule has 122 valence electrons. The number of thiazole rings is 1. The number of hydrogen-bond acceptors (Lipinski definition) is 4. The molecule has 24 heavy (non-hydrogen) atoms. The third-order valence-electron chi connectivity index (χ3n) is 3.15. The minimum absolute atomic E-state index is 0.0980. The molecule has 2 aromatic carbocycles. The van der Waals surface area contributed by atoms with Crippen LogP contribution in [-0.4, -0.2) is 21.8 Å². The molecule has 3 aromatic rings. The number of carbonyl (C=O) groups is 1. The molecule has 1 N–H and O–H groups in total. The lowest BCUT2D eigenvalue weighted by molar-refractivity contribution is -0.133. The lowest BCUT2D eigenvalue weighted by atomic mass is 10.1. The Labute approximate surface area is 145 Å². The lowest BCUT2D eigenvalue weighted by Gasteiger charge is -2.03. The Hall–Kier alpha value is -2.25. The van der Waals surface area contributed by atoms with Crippen molar-refractivity contribution in [1.29, 1.82) is 0 Å². The topological polar surface area (TPSA) is 50.2 Å². The second-order valence-electron chi connectivity index (χ2n) is 4.85. The number of hydrogen-bond donors (Lipinski definition) is 1. The molecule has 0 aliphatic rings. The van der Waals surface area contributed by atoms with Crippen molar-refractivity contribution in [3.63, 3.8) is 0 Å². The van der Waals surface area contributed by atoms with Crippen molar-refractivity contribution in [3.05, 3.63) is 60.2 Å². The number of aliphatic carboxylic acids is 1. The Morgan fingerprint density at radius 3 is 2.08 bits per heavy atom. The van der Waals surface area contributed by atoms with Crippen LogP contribution in [0.1, 0.15) is 0 Å². The number of thioether (sulfide) groups is 1. The number of aromatic nitrogens is 1. The summed E-state index contributed by atoms with van der Waals surface area (Å²) in [6.07, 6.45) is 0. The van der Waals surface area contributed by atoms with E-state index in [2.05, 4.69) is 4.98 Å². The van der Waals surface area contributed by atoms with Crippen LogP contribution in [-0.2, 0) is 4.79 Å². The van der Waals surface area contributed by atoms with Crippen LogP contribution in [0.4, 0.5) is 8.78 Å². The van der Waals surface area contributed by atoms with E-state index in [0.717, 1.165) is 22.2 Å². The molecule has 0 aliphatic heterocycles. The van der Waals surface area contributed by atoms with Crippen LogP contribution in [0.5, 0.6) is 0 Å². The van der Waals surface area contributed by atoms with Gasteiger partial charge in [0.1, 0.15) is 11.6 Å². The van der Waals surface area contributed by atoms with E-state index < -0.39 is 5.97 Å². The summed E-state index contributed by atoms with van der Waals surface area (Å²) >= 11 is 2.45. The van der Waals surface area contributed by atoms with Gasteiger partial charge in [0.2, 0.25) is 0 Å². The highest BCUT2D eigenvalue weighted by Crippen LogP contribution is 2.40. The van der Waals surface area contributed by atoms with Gasteiger partial charge in [-0.2, -0.15) is 0 Å². The Bertz CT molecular complexity index is 798. The molecule has 0 radical (unpaired) electrons. The van der Waals surface area contributed by atoms with E-state index in [4.69, 9.17) is 5.11 Å². The predicted molar refractivity (Wildman–Crippen MR) is 91.3 cm³/mol. The summed E-state index contributed by atoms with van der Waals surface area (Å²) in [6.45, 7) is 0. The number of carboxylic acid groups (broad SMARTS) is 1. The first-order valence-electron chi connectivity index (χ1n) is 6.90. The average Bonchev–Trinajstić information content (AvgIpc) is 2.98. The zero-order valence-corrected chi connectivity index (χ0v) is 13.8. The van der Waals surface area contributed by atoms with Crippen LogP contribution < -0.4 is 0 Å². The van der Waals surface area contributed by atoms with E-state index in [0.29, 0.717) is 15.6 Å². The minimum Gasteiger partial charge on any atom is -0.481 e. The molecular weight excluding hydrogens is 352 g/mol. The van der Waals surface area contributed by atoms with Crippen LogP contribution >= 0.6 is 23.1 Å². The summed E-state index contributed by atoms with van der Waals surface area (Å²) in [7, 11) is 0. The SMILES string of the molecule is O=C(O)CSc1nc(-c2ccc(F)cc2)c(-c2ccc(F)cc2)s1. The minimum atomic E-state index is -0.929. The molecule has 0 amide bonds. The van der Waals surface area contributed by atoms with Crippen molar-refractivity contribution in [2.24, 2.45) is 0 Å². The molecule has 7 heteroatoms. The molecule has 0 atom stereocenters. The monoisotopic (exact) mass is 363 g/mol. The maximum atomic E-state index is 13.2. The summed E-state index contributed by atoms with van der Waals surface area (Å²) in [5.74, 6) is -1.72. The second-order valence-corrected chi connectivity index (χ2v) is 7.08. The molecule has 1 aromatic heterocycles. The van der Waals surface area contributed by atoms with Gasteiger partial charge in [0.15, 0.2) is 4.34 Å². The average molecular weight is 363 g/mol. The summed E-state index contributed by atoms with van der Waals surface area (Å²) in [5, 5.41) is 8.82. The highest BCUT2D eigenvalue weighted by Gasteiger charge is 2.16. The fourth-order valence-electron chi connectivity index (χ4n) is 2.09. The van der Waals surface area contributed by atoms with Gasteiger partial charge < -0.3 is 5.11 Å². The Morgan fingerprint density at radius 2 is 1.54 bits per heavy atom. The molecule has 3 rings (SSSR count). The van der Waals surface area contributed by atoms with Crippen molar-refractivity contribution in [1.82, 2.24) is 4.98 Å². The van der Waals surface area contributed by atoms with Gasteiger partial charge in [-0.25, -0.2) is 13.8 Å². The maximum Gasteiger partial charge on any atom is 0.313 e. The van der Waals surface area contributed by atoms with Gasteiger partial charge in [0.25, 0.3) is 0 Å². The van der Waals surface area contributed by atoms with Gasteiger partial charge in [-0.3, -0.25) is 4.79 Å². The van der Waals surface area contributed by atoms with E-state index in [1.54, 1.807) is 24.3 Å². The Morgan fingerprint density at radius 1 is 1.00 bits per heavy atom. The van der Waals surface area contributed by atoms with E-state index in [-0.39, 0.29) is 17.4 Å². The zero-order valence-electron chi connectivity index (χ0n) is 12.2. The van der Waals surface area contributed by atoms with E-state index >= 15 is 0 Å². The number of halogens is 2. The third kappa shape index (κ3) is 3.80. The summed E-state index contributed by atoms with van der Waals surface area (Å²) < 4.78 is 26.9. The van der Waals surface area contributed by atoms with Crippen molar-refractivity contribution in [2.45, 2.75) is 4.34 Å². The van der Waals surface area contributed by atoms with Gasteiger partial charge in [-0.1, -0.05) is 23.9 Å². The van der Waals surface area contributed by atoms with E-state index in [1.807, 2.05) is 0 Å². The first-order valence-corrected chi connectivity index (χ1v) is 8.70. The highest BCUT2D eigenvalue weighted by molar-refractivity contribution is 8.01. The molecule has 0 fully saturated rings. The molecule has 0 spiro atoms. The number of rotatable bonds is 5. The fraction of sp³-hybridized carbons (Fsp3) is 0.0588. The van der Waals surface area contributed by atoms with Gasteiger partial charge in [0, 0.05) is 5.56 Å². The van der Waals surface area contributed by atoms with Crippen molar-refractivity contribution >= 4 is 29.1 Å². The zero-order chi connectivity index (χ0) is 17.1. The Balaban J connectivity index is 2.05. The maximum absolute atomic E-state index is 13.2. The van der Waals surface area contributed by atoms with Gasteiger partial charge >= 0.3 is 5.97 Å². The van der Waals surface area contributed by atoms with Crippen molar-refractivity contribution in [2.75, 3.05) is 5.75 Å². The normalized spacial score (nSPS) is 10.8. The van der Waals surface area contributed by atoms with Crippen molar-refractivity contribution in [3.8, 4) is 21.7 Å². The van der Waals surface area contributed by atoms with Crippen molar-refractivity contribution < 1.29 is 18.7 Å². The van der Waals surface area contributed by atoms with Crippen LogP contribution in [0.3, 0.4) is 0 Å². The van der Waals surface area contributed by atoms with Gasteiger partial charge in [-0.05, 0) is 42.0 Å². The molecule has 0 saturated carbocycles. The molecule has 0 bridgehead atoms. The van der Waals surface area contributed by atoms with Crippen LogP contribution in [0.25, 0.3) is 21.7 Å². The van der Waals surface area contributed by atoms with Gasteiger partial charge in [-0.15, -0.1) is 11.3 Å². The molecule has 3 nitrogen and oxygen atoms in total. The molecular formula is C17H11F2NO2S2. The third-order valence-corrected chi connectivity index (χ3v) is 5.38. The number of nitrogens with zero attached hydrogens (tertiary/aromatic N) is 1. The molecule has 1 heterocycles. The van der Waals surface area contributed by atoms with Crippen LogP contribution in [0, 0.1) is 11.6 Å². The smallest absolute Gasteiger partial charge is 0.313 e. The van der Waals surface area contributed by atoms with E-state index in [1.165, 1.54) is 35.6 Å². The predicted octanol–water partition coefficient (Wildman–Crippen LogP) is 4.93. The number of carboxylic acids is 1.